The fourth-order valence-corrected chi connectivity index (χ4v) is 3.67. The summed E-state index contributed by atoms with van der Waals surface area (Å²) in [4.78, 5) is 1.36. The molecule has 0 bridgehead atoms. The first-order valence-corrected chi connectivity index (χ1v) is 8.35. The molecule has 0 aliphatic carbocycles. The van der Waals surface area contributed by atoms with Crippen LogP contribution in [0.1, 0.15) is 11.3 Å². The second-order valence-corrected chi connectivity index (χ2v) is 6.37. The van der Waals surface area contributed by atoms with Gasteiger partial charge < -0.3 is 10.4 Å². The lowest BCUT2D eigenvalue weighted by atomic mass is 10.2. The number of aliphatic hydroxyl groups excluding tert-OH is 1. The van der Waals surface area contributed by atoms with E-state index in [1.54, 1.807) is 0 Å². The topological polar surface area (TPSA) is 32.3 Å². The van der Waals surface area contributed by atoms with Crippen molar-refractivity contribution in [3.05, 3.63) is 35.2 Å². The Balaban J connectivity index is 1.95. The summed E-state index contributed by atoms with van der Waals surface area (Å²) >= 11 is 3.66. The SMILES string of the molecule is CSCC(CCO)NCc1cc2ccccc2s1. The van der Waals surface area contributed by atoms with Crippen molar-refractivity contribution in [2.24, 2.45) is 0 Å². The molecule has 0 fully saturated rings. The number of rotatable bonds is 7. The van der Waals surface area contributed by atoms with Gasteiger partial charge in [-0.25, -0.2) is 0 Å². The van der Waals surface area contributed by atoms with Gasteiger partial charge in [0.2, 0.25) is 0 Å². The van der Waals surface area contributed by atoms with E-state index in [0.29, 0.717) is 6.04 Å². The molecule has 1 aromatic carbocycles. The van der Waals surface area contributed by atoms with E-state index in [9.17, 15) is 0 Å². The Labute approximate surface area is 116 Å². The van der Waals surface area contributed by atoms with Gasteiger partial charge in [0.05, 0.1) is 0 Å². The Morgan fingerprint density at radius 1 is 1.39 bits per heavy atom. The smallest absolute Gasteiger partial charge is 0.0446 e. The maximum Gasteiger partial charge on any atom is 0.0446 e. The summed E-state index contributed by atoms with van der Waals surface area (Å²) in [6.07, 6.45) is 2.93. The molecule has 0 spiro atoms. The summed E-state index contributed by atoms with van der Waals surface area (Å²) in [6, 6.07) is 11.1. The molecule has 0 amide bonds. The maximum atomic E-state index is 9.03. The quantitative estimate of drug-likeness (QED) is 0.818. The standard InChI is InChI=1S/C14H19NOS2/c1-17-10-12(6-7-16)15-9-13-8-11-4-2-3-5-14(11)18-13/h2-5,8,12,15-16H,6-7,9-10H2,1H3. The molecular weight excluding hydrogens is 262 g/mol. The zero-order valence-corrected chi connectivity index (χ0v) is 12.2. The highest BCUT2D eigenvalue weighted by molar-refractivity contribution is 7.98. The molecule has 0 saturated heterocycles. The maximum absolute atomic E-state index is 9.03. The van der Waals surface area contributed by atoms with Gasteiger partial charge in [0.25, 0.3) is 0 Å². The van der Waals surface area contributed by atoms with Crippen molar-refractivity contribution >= 4 is 33.2 Å². The largest absolute Gasteiger partial charge is 0.396 e. The van der Waals surface area contributed by atoms with Crippen molar-refractivity contribution in [1.29, 1.82) is 0 Å². The molecule has 1 unspecified atom stereocenters. The normalized spacial score (nSPS) is 13.0. The van der Waals surface area contributed by atoms with Gasteiger partial charge in [-0.15, -0.1) is 11.3 Å². The van der Waals surface area contributed by atoms with Crippen LogP contribution in [-0.2, 0) is 6.54 Å². The summed E-state index contributed by atoms with van der Waals surface area (Å²) in [5.41, 5.74) is 0. The van der Waals surface area contributed by atoms with Crippen LogP contribution < -0.4 is 5.32 Å². The second-order valence-electron chi connectivity index (χ2n) is 4.30. The van der Waals surface area contributed by atoms with Crippen LogP contribution in [0.25, 0.3) is 10.1 Å². The average Bonchev–Trinajstić information content (AvgIpc) is 2.79. The molecule has 0 saturated carbocycles. The Morgan fingerprint density at radius 2 is 2.22 bits per heavy atom. The molecule has 0 aliphatic rings. The molecule has 0 aliphatic heterocycles. The molecule has 1 atom stereocenters. The zero-order chi connectivity index (χ0) is 12.8. The van der Waals surface area contributed by atoms with Gasteiger partial charge >= 0.3 is 0 Å². The summed E-state index contributed by atoms with van der Waals surface area (Å²) in [7, 11) is 0. The van der Waals surface area contributed by atoms with E-state index in [1.807, 2.05) is 23.1 Å². The number of hydrogen-bond donors (Lipinski definition) is 2. The summed E-state index contributed by atoms with van der Waals surface area (Å²) in [5.74, 6) is 1.05. The molecule has 1 heterocycles. The zero-order valence-electron chi connectivity index (χ0n) is 10.6. The Hall–Kier alpha value is -0.550. The van der Waals surface area contributed by atoms with Crippen LogP contribution in [-0.4, -0.2) is 29.8 Å². The first-order chi connectivity index (χ1) is 8.83. The fraction of sp³-hybridized carbons (Fsp3) is 0.429. The van der Waals surface area contributed by atoms with Gasteiger partial charge in [-0.2, -0.15) is 11.8 Å². The van der Waals surface area contributed by atoms with E-state index in [4.69, 9.17) is 5.11 Å². The first kappa shape index (κ1) is 13.9. The van der Waals surface area contributed by atoms with Crippen molar-refractivity contribution < 1.29 is 5.11 Å². The van der Waals surface area contributed by atoms with Gasteiger partial charge in [0.15, 0.2) is 0 Å². The molecule has 0 radical (unpaired) electrons. The van der Waals surface area contributed by atoms with Crippen LogP contribution >= 0.6 is 23.1 Å². The van der Waals surface area contributed by atoms with Crippen LogP contribution in [0.5, 0.6) is 0 Å². The molecule has 98 valence electrons. The molecule has 4 heteroatoms. The van der Waals surface area contributed by atoms with Gasteiger partial charge in [0, 0.05) is 34.5 Å². The highest BCUT2D eigenvalue weighted by Crippen LogP contribution is 2.25. The Morgan fingerprint density at radius 3 is 2.94 bits per heavy atom. The fourth-order valence-electron chi connectivity index (χ4n) is 1.97. The van der Waals surface area contributed by atoms with E-state index in [2.05, 4.69) is 41.9 Å². The highest BCUT2D eigenvalue weighted by Gasteiger charge is 2.08. The number of hydrogen-bond acceptors (Lipinski definition) is 4. The molecule has 18 heavy (non-hydrogen) atoms. The van der Waals surface area contributed by atoms with E-state index >= 15 is 0 Å². The summed E-state index contributed by atoms with van der Waals surface area (Å²) in [6.45, 7) is 1.15. The number of nitrogens with one attached hydrogen (secondary N) is 1. The van der Waals surface area contributed by atoms with Crippen molar-refractivity contribution in [1.82, 2.24) is 5.32 Å². The number of aliphatic hydroxyl groups is 1. The van der Waals surface area contributed by atoms with Gasteiger partial charge in [-0.05, 0) is 30.2 Å². The minimum atomic E-state index is 0.255. The average molecular weight is 281 g/mol. The lowest BCUT2D eigenvalue weighted by molar-refractivity contribution is 0.270. The highest BCUT2D eigenvalue weighted by atomic mass is 32.2. The second kappa shape index (κ2) is 7.14. The van der Waals surface area contributed by atoms with Gasteiger partial charge in [0.1, 0.15) is 0 Å². The lowest BCUT2D eigenvalue weighted by Gasteiger charge is -2.15. The molecular formula is C14H19NOS2. The van der Waals surface area contributed by atoms with Crippen molar-refractivity contribution in [3.8, 4) is 0 Å². The minimum absolute atomic E-state index is 0.255. The van der Waals surface area contributed by atoms with Gasteiger partial charge in [-0.1, -0.05) is 18.2 Å². The lowest BCUT2D eigenvalue weighted by Crippen LogP contribution is -2.31. The predicted octanol–water partition coefficient (Wildman–Crippen LogP) is 3.10. The van der Waals surface area contributed by atoms with Crippen LogP contribution in [0.4, 0.5) is 0 Å². The van der Waals surface area contributed by atoms with Crippen molar-refractivity contribution in [2.45, 2.75) is 19.0 Å². The summed E-state index contributed by atoms with van der Waals surface area (Å²) in [5, 5.41) is 13.9. The van der Waals surface area contributed by atoms with E-state index in [0.717, 1.165) is 18.7 Å². The van der Waals surface area contributed by atoms with Crippen LogP contribution in [0.3, 0.4) is 0 Å². The van der Waals surface area contributed by atoms with Crippen LogP contribution in [0.2, 0.25) is 0 Å². The molecule has 2 N–H and O–H groups in total. The van der Waals surface area contributed by atoms with Crippen LogP contribution in [0.15, 0.2) is 30.3 Å². The monoisotopic (exact) mass is 281 g/mol. The molecule has 2 rings (SSSR count). The Bertz CT molecular complexity index is 444. The number of fused-ring (bicyclic) bond motifs is 1. The number of thioether (sulfide) groups is 1. The molecule has 1 aromatic heterocycles. The van der Waals surface area contributed by atoms with Crippen LogP contribution in [0, 0.1) is 0 Å². The third-order valence-corrected chi connectivity index (χ3v) is 4.74. The van der Waals surface area contributed by atoms with E-state index < -0.39 is 0 Å². The Kier molecular flexibility index (Phi) is 5.50. The predicted molar refractivity (Wildman–Crippen MR) is 82.5 cm³/mol. The molecule has 2 aromatic rings. The van der Waals surface area contributed by atoms with Crippen molar-refractivity contribution in [3.63, 3.8) is 0 Å². The minimum Gasteiger partial charge on any atom is -0.396 e. The number of benzene rings is 1. The first-order valence-electron chi connectivity index (χ1n) is 6.14. The molecule has 2 nitrogen and oxygen atoms in total. The van der Waals surface area contributed by atoms with E-state index in [1.165, 1.54) is 15.0 Å². The third-order valence-electron chi connectivity index (χ3n) is 2.89. The van der Waals surface area contributed by atoms with Gasteiger partial charge in [-0.3, -0.25) is 0 Å². The number of thiophene rings is 1. The van der Waals surface area contributed by atoms with E-state index in [-0.39, 0.29) is 6.61 Å². The summed E-state index contributed by atoms with van der Waals surface area (Å²) < 4.78 is 1.35. The van der Waals surface area contributed by atoms with Crippen molar-refractivity contribution in [2.75, 3.05) is 18.6 Å². The third kappa shape index (κ3) is 3.72.